The molecule has 0 bridgehead atoms. The van der Waals surface area contributed by atoms with E-state index in [0.29, 0.717) is 19.3 Å². The lowest BCUT2D eigenvalue weighted by atomic mass is 9.88. The molecule has 0 aliphatic heterocycles. The number of hydrogen-bond donors (Lipinski definition) is 3. The largest absolute Gasteiger partial charge is 0.481 e. The van der Waals surface area contributed by atoms with Gasteiger partial charge in [0.2, 0.25) is 0 Å². The number of carbonyl (C=O) groups is 2. The maximum absolute atomic E-state index is 12.1. The molecule has 0 radical (unpaired) electrons. The third-order valence-electron chi connectivity index (χ3n) is 4.72. The molecule has 0 aromatic heterocycles. The van der Waals surface area contributed by atoms with Gasteiger partial charge in [0.15, 0.2) is 0 Å². The topological polar surface area (TPSA) is 94.8 Å². The van der Waals surface area contributed by atoms with Crippen LogP contribution in [0.2, 0.25) is 0 Å². The van der Waals surface area contributed by atoms with Crippen molar-refractivity contribution in [2.24, 2.45) is 11.8 Å². The lowest BCUT2D eigenvalue weighted by Crippen LogP contribution is -2.19. The number of Topliss-reactive ketones (excluding diaryl/α,β-unsaturated/α-hetero) is 1. The van der Waals surface area contributed by atoms with Crippen molar-refractivity contribution in [1.29, 1.82) is 0 Å². The molecule has 1 aliphatic carbocycles. The first-order chi connectivity index (χ1) is 12.0. The van der Waals surface area contributed by atoms with Gasteiger partial charge in [-0.1, -0.05) is 50.5 Å². The molecule has 1 saturated carbocycles. The number of carboxylic acid groups (broad SMARTS) is 1. The molecule has 1 aliphatic rings. The van der Waals surface area contributed by atoms with E-state index in [9.17, 15) is 19.8 Å². The van der Waals surface area contributed by atoms with E-state index in [4.69, 9.17) is 5.11 Å². The van der Waals surface area contributed by atoms with E-state index in [-0.39, 0.29) is 30.5 Å². The fraction of sp³-hybridized carbons (Fsp3) is 0.700. The molecule has 5 nitrogen and oxygen atoms in total. The summed E-state index contributed by atoms with van der Waals surface area (Å²) >= 11 is 0. The van der Waals surface area contributed by atoms with E-state index in [1.165, 1.54) is 0 Å². The SMILES string of the molecule is CC/C=C\C[C@H](O)/C=C/[C@@H]1C(CCCCCCC(=O)O)C(=O)C[C@H]1O. The quantitative estimate of drug-likeness (QED) is 0.370. The highest BCUT2D eigenvalue weighted by molar-refractivity contribution is 5.84. The van der Waals surface area contributed by atoms with Crippen molar-refractivity contribution in [2.45, 2.75) is 76.9 Å². The Bertz CT molecular complexity index is 469. The van der Waals surface area contributed by atoms with Crippen LogP contribution in [-0.4, -0.2) is 39.3 Å². The van der Waals surface area contributed by atoms with Crippen LogP contribution in [0.4, 0.5) is 0 Å². The van der Waals surface area contributed by atoms with E-state index in [0.717, 1.165) is 25.7 Å². The lowest BCUT2D eigenvalue weighted by molar-refractivity contribution is -0.137. The van der Waals surface area contributed by atoms with Gasteiger partial charge in [-0.3, -0.25) is 9.59 Å². The van der Waals surface area contributed by atoms with E-state index < -0.39 is 18.2 Å². The van der Waals surface area contributed by atoms with Crippen molar-refractivity contribution in [2.75, 3.05) is 0 Å². The van der Waals surface area contributed by atoms with Crippen LogP contribution in [0, 0.1) is 11.8 Å². The maximum Gasteiger partial charge on any atom is 0.303 e. The first kappa shape index (κ1) is 21.6. The summed E-state index contributed by atoms with van der Waals surface area (Å²) in [5.41, 5.74) is 0. The van der Waals surface area contributed by atoms with E-state index >= 15 is 0 Å². The van der Waals surface area contributed by atoms with Gasteiger partial charge in [0.1, 0.15) is 5.78 Å². The highest BCUT2D eigenvalue weighted by Gasteiger charge is 2.39. The van der Waals surface area contributed by atoms with Crippen molar-refractivity contribution in [3.63, 3.8) is 0 Å². The molecule has 5 heteroatoms. The molecule has 0 saturated heterocycles. The summed E-state index contributed by atoms with van der Waals surface area (Å²) in [6.45, 7) is 2.03. The molecule has 1 unspecified atom stereocenters. The second-order valence-electron chi connectivity index (χ2n) is 6.84. The number of rotatable bonds is 12. The van der Waals surface area contributed by atoms with E-state index in [1.807, 2.05) is 19.1 Å². The van der Waals surface area contributed by atoms with Crippen LogP contribution >= 0.6 is 0 Å². The normalized spacial score (nSPS) is 25.2. The second kappa shape index (κ2) is 12.0. The highest BCUT2D eigenvalue weighted by atomic mass is 16.4. The Balaban J connectivity index is 2.43. The fourth-order valence-corrected chi connectivity index (χ4v) is 3.32. The molecule has 0 amide bonds. The number of hydrogen-bond acceptors (Lipinski definition) is 4. The van der Waals surface area contributed by atoms with Crippen LogP contribution < -0.4 is 0 Å². The molecule has 0 spiro atoms. The molecular formula is C20H32O5. The summed E-state index contributed by atoms with van der Waals surface area (Å²) in [6.07, 6.45) is 12.0. The zero-order valence-electron chi connectivity index (χ0n) is 15.1. The van der Waals surface area contributed by atoms with Gasteiger partial charge in [-0.2, -0.15) is 0 Å². The van der Waals surface area contributed by atoms with E-state index in [2.05, 4.69) is 0 Å². The van der Waals surface area contributed by atoms with Crippen molar-refractivity contribution in [3.05, 3.63) is 24.3 Å². The third kappa shape index (κ3) is 8.45. The maximum atomic E-state index is 12.1. The predicted octanol–water partition coefficient (Wildman–Crippen LogP) is 3.25. The average Bonchev–Trinajstić information content (AvgIpc) is 2.82. The van der Waals surface area contributed by atoms with Gasteiger partial charge >= 0.3 is 5.97 Å². The van der Waals surface area contributed by atoms with Crippen LogP contribution in [0.25, 0.3) is 0 Å². The molecule has 142 valence electrons. The number of aliphatic hydroxyl groups excluding tert-OH is 2. The van der Waals surface area contributed by atoms with Crippen LogP contribution in [-0.2, 0) is 9.59 Å². The van der Waals surface area contributed by atoms with Crippen molar-refractivity contribution in [1.82, 2.24) is 0 Å². The van der Waals surface area contributed by atoms with Gasteiger partial charge in [0.25, 0.3) is 0 Å². The molecule has 0 heterocycles. The first-order valence-electron chi connectivity index (χ1n) is 9.39. The van der Waals surface area contributed by atoms with Crippen LogP contribution in [0.15, 0.2) is 24.3 Å². The van der Waals surface area contributed by atoms with Crippen molar-refractivity contribution in [3.8, 4) is 0 Å². The minimum atomic E-state index is -0.772. The standard InChI is InChI=1S/C20H32O5/c1-2-3-6-9-15(21)12-13-17-16(18(22)14-19(17)23)10-7-4-5-8-11-20(24)25/h3,6,12-13,15-17,19,21,23H,2,4-5,7-11,14H2,1H3,(H,24,25)/b6-3-,13-12+/t15-,16?,17+,19+/m0/s1. The summed E-state index contributed by atoms with van der Waals surface area (Å²) in [6, 6.07) is 0. The summed E-state index contributed by atoms with van der Waals surface area (Å²) < 4.78 is 0. The van der Waals surface area contributed by atoms with Gasteiger partial charge in [0.05, 0.1) is 12.2 Å². The minimum Gasteiger partial charge on any atom is -0.481 e. The Labute approximate surface area is 150 Å². The summed E-state index contributed by atoms with van der Waals surface area (Å²) in [5, 5.41) is 28.7. The fourth-order valence-electron chi connectivity index (χ4n) is 3.32. The third-order valence-corrected chi connectivity index (χ3v) is 4.72. The minimum absolute atomic E-state index is 0.0908. The average molecular weight is 352 g/mol. The molecular weight excluding hydrogens is 320 g/mol. The first-order valence-corrected chi connectivity index (χ1v) is 9.39. The Morgan fingerprint density at radius 2 is 1.96 bits per heavy atom. The molecule has 0 aromatic carbocycles. The lowest BCUT2D eigenvalue weighted by Gasteiger charge is -2.18. The molecule has 3 N–H and O–H groups in total. The van der Waals surface area contributed by atoms with Gasteiger partial charge in [-0.05, 0) is 25.7 Å². The molecule has 25 heavy (non-hydrogen) atoms. The Morgan fingerprint density at radius 1 is 1.24 bits per heavy atom. The molecule has 0 aromatic rings. The number of carboxylic acids is 1. The Morgan fingerprint density at radius 3 is 2.64 bits per heavy atom. The van der Waals surface area contributed by atoms with Crippen LogP contribution in [0.1, 0.15) is 64.7 Å². The van der Waals surface area contributed by atoms with E-state index in [1.54, 1.807) is 12.2 Å². The highest BCUT2D eigenvalue weighted by Crippen LogP contribution is 2.34. The smallest absolute Gasteiger partial charge is 0.303 e. The van der Waals surface area contributed by atoms with Crippen LogP contribution in [0.5, 0.6) is 0 Å². The summed E-state index contributed by atoms with van der Waals surface area (Å²) in [4.78, 5) is 22.6. The predicted molar refractivity (Wildman–Crippen MR) is 97.1 cm³/mol. The van der Waals surface area contributed by atoms with Crippen molar-refractivity contribution < 1.29 is 24.9 Å². The number of carbonyl (C=O) groups excluding carboxylic acids is 1. The van der Waals surface area contributed by atoms with Gasteiger partial charge < -0.3 is 15.3 Å². The van der Waals surface area contributed by atoms with Gasteiger partial charge in [0, 0.05) is 24.7 Å². The number of allylic oxidation sites excluding steroid dienone is 1. The summed E-state index contributed by atoms with van der Waals surface area (Å²) in [5.74, 6) is -1.10. The Kier molecular flexibility index (Phi) is 10.3. The van der Waals surface area contributed by atoms with Crippen LogP contribution in [0.3, 0.4) is 0 Å². The number of ketones is 1. The second-order valence-corrected chi connectivity index (χ2v) is 6.84. The molecule has 1 fully saturated rings. The Hall–Kier alpha value is -1.46. The molecule has 1 rings (SSSR count). The number of aliphatic carboxylic acids is 1. The number of unbranched alkanes of at least 4 members (excludes halogenated alkanes) is 3. The zero-order chi connectivity index (χ0) is 18.7. The zero-order valence-corrected chi connectivity index (χ0v) is 15.1. The summed E-state index contributed by atoms with van der Waals surface area (Å²) in [7, 11) is 0. The molecule has 4 atom stereocenters. The number of aliphatic hydroxyl groups is 2. The van der Waals surface area contributed by atoms with Crippen molar-refractivity contribution >= 4 is 11.8 Å². The monoisotopic (exact) mass is 352 g/mol. The van der Waals surface area contributed by atoms with Gasteiger partial charge in [-0.15, -0.1) is 0 Å². The van der Waals surface area contributed by atoms with Gasteiger partial charge in [-0.25, -0.2) is 0 Å².